The van der Waals surface area contributed by atoms with Crippen LogP contribution in [0.15, 0.2) is 60.7 Å². The van der Waals surface area contributed by atoms with E-state index in [0.29, 0.717) is 6.54 Å². The Bertz CT molecular complexity index is 628. The Balaban J connectivity index is 0.000000284. The van der Waals surface area contributed by atoms with Crippen molar-refractivity contribution in [3.05, 3.63) is 82.9 Å². The summed E-state index contributed by atoms with van der Waals surface area (Å²) in [5.41, 5.74) is 17.0. The Morgan fingerprint density at radius 3 is 2.13 bits per heavy atom. The molecule has 0 saturated carbocycles. The Kier molecular flexibility index (Phi) is 7.21. The highest BCUT2D eigenvalue weighted by atomic mass is 14.8. The van der Waals surface area contributed by atoms with E-state index < -0.39 is 0 Å². The van der Waals surface area contributed by atoms with Crippen LogP contribution in [0.1, 0.15) is 36.1 Å². The number of rotatable bonds is 4. The number of nitrogens with two attached hydrogens (primary N) is 2. The third-order valence-electron chi connectivity index (χ3n) is 4.13. The molecule has 0 fully saturated rings. The van der Waals surface area contributed by atoms with Gasteiger partial charge in [0.1, 0.15) is 0 Å². The lowest BCUT2D eigenvalue weighted by Gasteiger charge is -2.21. The molecule has 2 rings (SSSR count). The van der Waals surface area contributed by atoms with Gasteiger partial charge in [0.05, 0.1) is 0 Å². The van der Waals surface area contributed by atoms with Crippen molar-refractivity contribution >= 4 is 0 Å². The van der Waals surface area contributed by atoms with Crippen molar-refractivity contribution < 1.29 is 0 Å². The zero-order valence-electron chi connectivity index (χ0n) is 14.9. The molecular weight excluding hydrogens is 280 g/mol. The van der Waals surface area contributed by atoms with Crippen LogP contribution in [0.25, 0.3) is 0 Å². The second kappa shape index (κ2) is 8.66. The molecule has 1 atom stereocenters. The minimum absolute atomic E-state index is 0.375. The van der Waals surface area contributed by atoms with Crippen molar-refractivity contribution in [2.24, 2.45) is 11.5 Å². The summed E-state index contributed by atoms with van der Waals surface area (Å²) in [5.74, 6) is 0. The smallest absolute Gasteiger partial charge is 0.0459 e. The van der Waals surface area contributed by atoms with Crippen molar-refractivity contribution in [3.8, 4) is 0 Å². The van der Waals surface area contributed by atoms with E-state index in [1.165, 1.54) is 22.3 Å². The second-order valence-corrected chi connectivity index (χ2v) is 6.49. The molecule has 0 saturated heterocycles. The van der Waals surface area contributed by atoms with Crippen LogP contribution in [-0.2, 0) is 6.42 Å². The van der Waals surface area contributed by atoms with E-state index in [4.69, 9.17) is 11.5 Å². The molecule has 0 aliphatic heterocycles. The SMILES string of the molecule is C=C(C)[C@@](C)(N)CN.Cc1ccc(Cc2ccccc2)c(C)c1. The molecule has 23 heavy (non-hydrogen) atoms. The fraction of sp³-hybridized carbons (Fsp3) is 0.333. The van der Waals surface area contributed by atoms with Crippen molar-refractivity contribution in [1.29, 1.82) is 0 Å². The molecule has 0 radical (unpaired) electrons. The van der Waals surface area contributed by atoms with Crippen LogP contribution in [-0.4, -0.2) is 12.1 Å². The molecule has 4 N–H and O–H groups in total. The van der Waals surface area contributed by atoms with Gasteiger partial charge in [0.15, 0.2) is 0 Å². The summed E-state index contributed by atoms with van der Waals surface area (Å²) in [4.78, 5) is 0. The van der Waals surface area contributed by atoms with Gasteiger partial charge in [-0.05, 0) is 50.8 Å². The molecule has 124 valence electrons. The zero-order chi connectivity index (χ0) is 17.5. The zero-order valence-corrected chi connectivity index (χ0v) is 14.9. The average molecular weight is 310 g/mol. The van der Waals surface area contributed by atoms with E-state index in [1.807, 2.05) is 13.8 Å². The molecule has 0 unspecified atom stereocenters. The topological polar surface area (TPSA) is 52.0 Å². The number of aryl methyl sites for hydroxylation is 2. The Hall–Kier alpha value is -1.90. The fourth-order valence-electron chi connectivity index (χ4n) is 2.03. The van der Waals surface area contributed by atoms with Gasteiger partial charge in [-0.1, -0.05) is 66.2 Å². The highest BCUT2D eigenvalue weighted by molar-refractivity contribution is 5.34. The van der Waals surface area contributed by atoms with Crippen LogP contribution in [0, 0.1) is 13.8 Å². The molecule has 2 heteroatoms. The molecule has 2 aromatic carbocycles. The lowest BCUT2D eigenvalue weighted by Crippen LogP contribution is -2.44. The van der Waals surface area contributed by atoms with Gasteiger partial charge in [0, 0.05) is 12.1 Å². The molecule has 0 aliphatic carbocycles. The third kappa shape index (κ3) is 6.39. The average Bonchev–Trinajstić information content (AvgIpc) is 2.51. The molecule has 0 heterocycles. The predicted molar refractivity (Wildman–Crippen MR) is 102 cm³/mol. The van der Waals surface area contributed by atoms with Gasteiger partial charge in [0.2, 0.25) is 0 Å². The van der Waals surface area contributed by atoms with Crippen molar-refractivity contribution in [1.82, 2.24) is 0 Å². The predicted octanol–water partition coefficient (Wildman–Crippen LogP) is 4.13. The van der Waals surface area contributed by atoms with Gasteiger partial charge in [-0.15, -0.1) is 0 Å². The number of benzene rings is 2. The van der Waals surface area contributed by atoms with E-state index in [-0.39, 0.29) is 5.54 Å². The maximum absolute atomic E-state index is 5.63. The maximum Gasteiger partial charge on any atom is 0.0459 e. The number of hydrogen-bond donors (Lipinski definition) is 2. The first kappa shape index (κ1) is 19.1. The first-order valence-electron chi connectivity index (χ1n) is 8.01. The van der Waals surface area contributed by atoms with E-state index in [9.17, 15) is 0 Å². The van der Waals surface area contributed by atoms with Crippen LogP contribution < -0.4 is 11.5 Å². The van der Waals surface area contributed by atoms with E-state index in [2.05, 4.69) is 69.0 Å². The summed E-state index contributed by atoms with van der Waals surface area (Å²) < 4.78 is 0. The van der Waals surface area contributed by atoms with Gasteiger partial charge in [-0.25, -0.2) is 0 Å². The third-order valence-corrected chi connectivity index (χ3v) is 4.13. The molecule has 2 aromatic rings. The van der Waals surface area contributed by atoms with Gasteiger partial charge in [-0.3, -0.25) is 0 Å². The molecule has 0 aliphatic rings. The van der Waals surface area contributed by atoms with Crippen LogP contribution in [0.2, 0.25) is 0 Å². The van der Waals surface area contributed by atoms with Crippen molar-refractivity contribution in [2.45, 2.75) is 39.7 Å². The van der Waals surface area contributed by atoms with Gasteiger partial charge < -0.3 is 11.5 Å². The van der Waals surface area contributed by atoms with Gasteiger partial charge in [0.25, 0.3) is 0 Å². The molecule has 0 amide bonds. The standard InChI is InChI=1S/C15H16.C6H14N2/c1-12-8-9-15(13(2)10-12)11-14-6-4-3-5-7-14;1-5(2)6(3,8)4-7/h3-10H,11H2,1-2H3;1,4,7-8H2,2-3H3/t;6-/m.0/s1. The first-order valence-corrected chi connectivity index (χ1v) is 8.01. The molecule has 0 aromatic heterocycles. The van der Waals surface area contributed by atoms with Crippen LogP contribution in [0.4, 0.5) is 0 Å². The summed E-state index contributed by atoms with van der Waals surface area (Å²) in [7, 11) is 0. The first-order chi connectivity index (χ1) is 10.8. The quantitative estimate of drug-likeness (QED) is 0.834. The minimum atomic E-state index is -0.375. The van der Waals surface area contributed by atoms with Crippen LogP contribution in [0.3, 0.4) is 0 Å². The lowest BCUT2D eigenvalue weighted by molar-refractivity contribution is 0.563. The van der Waals surface area contributed by atoms with E-state index in [0.717, 1.165) is 12.0 Å². The second-order valence-electron chi connectivity index (χ2n) is 6.49. The Morgan fingerprint density at radius 1 is 1.09 bits per heavy atom. The summed E-state index contributed by atoms with van der Waals surface area (Å²) in [5, 5.41) is 0. The van der Waals surface area contributed by atoms with Crippen molar-refractivity contribution in [3.63, 3.8) is 0 Å². The highest BCUT2D eigenvalue weighted by Gasteiger charge is 2.15. The largest absolute Gasteiger partial charge is 0.328 e. The maximum atomic E-state index is 5.63. The monoisotopic (exact) mass is 310 g/mol. The Labute approximate surface area is 141 Å². The Morgan fingerprint density at radius 2 is 1.70 bits per heavy atom. The van der Waals surface area contributed by atoms with E-state index >= 15 is 0 Å². The summed E-state index contributed by atoms with van der Waals surface area (Å²) >= 11 is 0. The summed E-state index contributed by atoms with van der Waals surface area (Å²) in [6.45, 7) is 12.2. The fourth-order valence-corrected chi connectivity index (χ4v) is 2.03. The van der Waals surface area contributed by atoms with Crippen LogP contribution >= 0.6 is 0 Å². The molecule has 0 bridgehead atoms. The molecule has 0 spiro atoms. The number of hydrogen-bond acceptors (Lipinski definition) is 2. The van der Waals surface area contributed by atoms with Gasteiger partial charge in [-0.2, -0.15) is 0 Å². The summed E-state index contributed by atoms with van der Waals surface area (Å²) in [6.07, 6.45) is 1.03. The normalized spacial score (nSPS) is 12.8. The van der Waals surface area contributed by atoms with E-state index in [1.54, 1.807) is 0 Å². The summed E-state index contributed by atoms with van der Waals surface area (Å²) in [6, 6.07) is 17.3. The van der Waals surface area contributed by atoms with Gasteiger partial charge >= 0.3 is 0 Å². The highest BCUT2D eigenvalue weighted by Crippen LogP contribution is 2.15. The van der Waals surface area contributed by atoms with Crippen LogP contribution in [0.5, 0.6) is 0 Å². The molecular formula is C21H30N2. The molecule has 2 nitrogen and oxygen atoms in total. The minimum Gasteiger partial charge on any atom is -0.328 e. The van der Waals surface area contributed by atoms with Crippen molar-refractivity contribution in [2.75, 3.05) is 6.54 Å². The lowest BCUT2D eigenvalue weighted by atomic mass is 9.96.